The Morgan fingerprint density at radius 2 is 2.10 bits per heavy atom. The van der Waals surface area contributed by atoms with Gasteiger partial charge in [0.2, 0.25) is 0 Å². The smallest absolute Gasteiger partial charge is 0.147 e. The molecule has 110 valence electrons. The standard InChI is InChI=1S/C16H18ClN3O/c1-10(21)16-6-14-12(7-19-16)8-20(18)9-15(14)11-2-4-13(17)5-3-11/h2-5,9,16,19H,6-8,18H2,1H3. The Bertz CT molecular complexity index is 633. The van der Waals surface area contributed by atoms with Crippen LogP contribution < -0.4 is 11.2 Å². The molecule has 0 saturated heterocycles. The molecule has 21 heavy (non-hydrogen) atoms. The van der Waals surface area contributed by atoms with Crippen LogP contribution in [0.3, 0.4) is 0 Å². The van der Waals surface area contributed by atoms with Gasteiger partial charge in [-0.3, -0.25) is 4.79 Å². The zero-order valence-corrected chi connectivity index (χ0v) is 12.7. The molecule has 1 atom stereocenters. The van der Waals surface area contributed by atoms with Crippen molar-refractivity contribution in [2.75, 3.05) is 13.1 Å². The summed E-state index contributed by atoms with van der Waals surface area (Å²) in [4.78, 5) is 11.7. The molecule has 4 nitrogen and oxygen atoms in total. The molecular weight excluding hydrogens is 286 g/mol. The third-order valence-electron chi connectivity index (χ3n) is 4.04. The number of hydrogen-bond acceptors (Lipinski definition) is 4. The van der Waals surface area contributed by atoms with Crippen LogP contribution in [-0.2, 0) is 4.79 Å². The molecule has 5 heteroatoms. The van der Waals surface area contributed by atoms with E-state index in [-0.39, 0.29) is 11.8 Å². The maximum absolute atomic E-state index is 11.7. The maximum atomic E-state index is 11.7. The highest BCUT2D eigenvalue weighted by Gasteiger charge is 2.28. The summed E-state index contributed by atoms with van der Waals surface area (Å²) in [7, 11) is 0. The van der Waals surface area contributed by atoms with Crippen LogP contribution in [0.5, 0.6) is 0 Å². The first kappa shape index (κ1) is 14.3. The highest BCUT2D eigenvalue weighted by Crippen LogP contribution is 2.34. The second kappa shape index (κ2) is 5.64. The normalized spacial score (nSPS) is 22.0. The van der Waals surface area contributed by atoms with Gasteiger partial charge in [-0.15, -0.1) is 0 Å². The predicted octanol–water partition coefficient (Wildman–Crippen LogP) is 2.12. The molecule has 0 amide bonds. The van der Waals surface area contributed by atoms with Crippen LogP contribution in [0, 0.1) is 0 Å². The molecule has 0 aromatic heterocycles. The Hall–Kier alpha value is -1.62. The SMILES string of the molecule is CC(=O)C1CC2=C(CN1)CN(N)C=C2c1ccc(Cl)cc1. The van der Waals surface area contributed by atoms with Crippen molar-refractivity contribution in [1.82, 2.24) is 10.3 Å². The van der Waals surface area contributed by atoms with Crippen LogP contribution in [0.1, 0.15) is 18.9 Å². The zero-order valence-electron chi connectivity index (χ0n) is 11.9. The number of rotatable bonds is 2. The molecule has 3 N–H and O–H groups in total. The van der Waals surface area contributed by atoms with Crippen LogP contribution in [0.4, 0.5) is 0 Å². The quantitative estimate of drug-likeness (QED) is 0.822. The fourth-order valence-corrected chi connectivity index (χ4v) is 3.03. The van der Waals surface area contributed by atoms with Crippen molar-refractivity contribution in [2.45, 2.75) is 19.4 Å². The molecule has 1 aromatic rings. The summed E-state index contributed by atoms with van der Waals surface area (Å²) in [6.45, 7) is 3.04. The topological polar surface area (TPSA) is 58.4 Å². The third-order valence-corrected chi connectivity index (χ3v) is 4.29. The molecule has 2 aliphatic rings. The zero-order chi connectivity index (χ0) is 15.0. The lowest BCUT2D eigenvalue weighted by Crippen LogP contribution is -2.44. The minimum absolute atomic E-state index is 0.108. The number of nitrogens with two attached hydrogens (primary N) is 1. The number of allylic oxidation sites excluding steroid dienone is 1. The molecule has 0 bridgehead atoms. The molecule has 0 aliphatic carbocycles. The second-order valence-corrected chi connectivity index (χ2v) is 5.99. The number of nitrogens with zero attached hydrogens (tertiary/aromatic N) is 1. The number of hydrogen-bond donors (Lipinski definition) is 2. The van der Waals surface area contributed by atoms with Gasteiger partial charge in [0.15, 0.2) is 0 Å². The number of carbonyl (C=O) groups excluding carboxylic acids is 1. The van der Waals surface area contributed by atoms with Gasteiger partial charge in [-0.25, -0.2) is 5.84 Å². The average molecular weight is 304 g/mol. The van der Waals surface area contributed by atoms with Gasteiger partial charge in [0.25, 0.3) is 0 Å². The Morgan fingerprint density at radius 3 is 2.76 bits per heavy atom. The lowest BCUT2D eigenvalue weighted by molar-refractivity contribution is -0.119. The molecule has 0 fully saturated rings. The molecule has 1 aromatic carbocycles. The lowest BCUT2D eigenvalue weighted by atomic mass is 9.84. The molecule has 1 unspecified atom stereocenters. The van der Waals surface area contributed by atoms with Gasteiger partial charge in [0.05, 0.1) is 12.6 Å². The fraction of sp³-hybridized carbons (Fsp3) is 0.312. The van der Waals surface area contributed by atoms with E-state index in [1.54, 1.807) is 11.9 Å². The molecule has 2 heterocycles. The monoisotopic (exact) mass is 303 g/mol. The van der Waals surface area contributed by atoms with E-state index in [4.69, 9.17) is 17.4 Å². The van der Waals surface area contributed by atoms with Gasteiger partial charge < -0.3 is 10.3 Å². The van der Waals surface area contributed by atoms with Gasteiger partial charge in [0.1, 0.15) is 5.78 Å². The Kier molecular flexibility index (Phi) is 3.85. The summed E-state index contributed by atoms with van der Waals surface area (Å²) in [5, 5.41) is 5.68. The highest BCUT2D eigenvalue weighted by atomic mass is 35.5. The fourth-order valence-electron chi connectivity index (χ4n) is 2.90. The lowest BCUT2D eigenvalue weighted by Gasteiger charge is -2.34. The van der Waals surface area contributed by atoms with Crippen LogP contribution in [-0.4, -0.2) is 29.9 Å². The molecule has 0 radical (unpaired) electrons. The number of hydrazine groups is 1. The van der Waals surface area contributed by atoms with Gasteiger partial charge in [-0.1, -0.05) is 23.7 Å². The second-order valence-electron chi connectivity index (χ2n) is 5.55. The van der Waals surface area contributed by atoms with Crippen molar-refractivity contribution in [2.24, 2.45) is 5.84 Å². The van der Waals surface area contributed by atoms with Crippen molar-refractivity contribution in [3.63, 3.8) is 0 Å². The molecular formula is C16H18ClN3O. The first-order valence-corrected chi connectivity index (χ1v) is 7.36. The largest absolute Gasteiger partial charge is 0.314 e. The van der Waals surface area contributed by atoms with Crippen molar-refractivity contribution in [3.05, 3.63) is 52.2 Å². The van der Waals surface area contributed by atoms with E-state index < -0.39 is 0 Å². The summed E-state index contributed by atoms with van der Waals surface area (Å²) >= 11 is 5.96. The number of carbonyl (C=O) groups is 1. The van der Waals surface area contributed by atoms with Gasteiger partial charge >= 0.3 is 0 Å². The first-order chi connectivity index (χ1) is 10.0. The summed E-state index contributed by atoms with van der Waals surface area (Å²) < 4.78 is 0. The summed E-state index contributed by atoms with van der Waals surface area (Å²) in [5.74, 6) is 6.17. The third kappa shape index (κ3) is 2.88. The first-order valence-electron chi connectivity index (χ1n) is 6.99. The van der Waals surface area contributed by atoms with E-state index in [0.717, 1.165) is 11.1 Å². The predicted molar refractivity (Wildman–Crippen MR) is 84.4 cm³/mol. The summed E-state index contributed by atoms with van der Waals surface area (Å²) in [5.41, 5.74) is 4.65. The van der Waals surface area contributed by atoms with E-state index >= 15 is 0 Å². The number of nitrogens with one attached hydrogen (secondary N) is 1. The van der Waals surface area contributed by atoms with Crippen molar-refractivity contribution < 1.29 is 4.79 Å². The molecule has 2 aliphatic heterocycles. The van der Waals surface area contributed by atoms with E-state index in [9.17, 15) is 4.79 Å². The van der Waals surface area contributed by atoms with E-state index in [1.807, 2.05) is 30.5 Å². The van der Waals surface area contributed by atoms with E-state index in [1.165, 1.54) is 11.1 Å². The van der Waals surface area contributed by atoms with Crippen LogP contribution >= 0.6 is 11.6 Å². The van der Waals surface area contributed by atoms with Gasteiger partial charge in [0, 0.05) is 23.3 Å². The Labute approximate surface area is 129 Å². The van der Waals surface area contributed by atoms with Crippen LogP contribution in [0.25, 0.3) is 5.57 Å². The summed E-state index contributed by atoms with van der Waals surface area (Å²) in [6, 6.07) is 7.61. The average Bonchev–Trinajstić information content (AvgIpc) is 2.46. The number of Topliss-reactive ketones (excluding diaryl/α,β-unsaturated/α-hetero) is 1. The van der Waals surface area contributed by atoms with Crippen molar-refractivity contribution in [3.8, 4) is 0 Å². The molecule has 0 saturated carbocycles. The van der Waals surface area contributed by atoms with Gasteiger partial charge in [-0.05, 0) is 42.2 Å². The van der Waals surface area contributed by atoms with Crippen molar-refractivity contribution in [1.29, 1.82) is 0 Å². The molecule has 3 rings (SSSR count). The number of benzene rings is 1. The Morgan fingerprint density at radius 1 is 1.38 bits per heavy atom. The van der Waals surface area contributed by atoms with Crippen LogP contribution in [0.2, 0.25) is 5.02 Å². The van der Waals surface area contributed by atoms with E-state index in [0.29, 0.717) is 24.5 Å². The summed E-state index contributed by atoms with van der Waals surface area (Å²) in [6.07, 6.45) is 2.66. The number of halogens is 1. The minimum Gasteiger partial charge on any atom is -0.314 e. The minimum atomic E-state index is -0.108. The maximum Gasteiger partial charge on any atom is 0.147 e. The number of ketones is 1. The van der Waals surface area contributed by atoms with Gasteiger partial charge in [-0.2, -0.15) is 0 Å². The molecule has 0 spiro atoms. The highest BCUT2D eigenvalue weighted by molar-refractivity contribution is 6.30. The van der Waals surface area contributed by atoms with Crippen molar-refractivity contribution >= 4 is 23.0 Å². The van der Waals surface area contributed by atoms with Crippen LogP contribution in [0.15, 0.2) is 41.6 Å². The van der Waals surface area contributed by atoms with E-state index in [2.05, 4.69) is 5.32 Å². The Balaban J connectivity index is 1.99.